The van der Waals surface area contributed by atoms with Gasteiger partial charge in [-0.2, -0.15) is 0 Å². The van der Waals surface area contributed by atoms with Crippen molar-refractivity contribution in [3.05, 3.63) is 64.1 Å². The summed E-state index contributed by atoms with van der Waals surface area (Å²) in [6, 6.07) is 15.8. The van der Waals surface area contributed by atoms with Crippen molar-refractivity contribution in [3.63, 3.8) is 0 Å². The lowest BCUT2D eigenvalue weighted by Crippen LogP contribution is -2.29. The van der Waals surface area contributed by atoms with Crippen molar-refractivity contribution in [1.82, 2.24) is 5.43 Å². The Labute approximate surface area is 115 Å². The van der Waals surface area contributed by atoms with E-state index in [9.17, 15) is 0 Å². The summed E-state index contributed by atoms with van der Waals surface area (Å²) in [6.45, 7) is 0. The summed E-state index contributed by atoms with van der Waals surface area (Å²) in [7, 11) is 1.66. The van der Waals surface area contributed by atoms with Gasteiger partial charge < -0.3 is 4.74 Å². The molecule has 3 nitrogen and oxygen atoms in total. The smallest absolute Gasteiger partial charge is 0.124 e. The van der Waals surface area contributed by atoms with Crippen LogP contribution in [0.1, 0.15) is 17.2 Å². The van der Waals surface area contributed by atoms with E-state index in [1.54, 1.807) is 7.11 Å². The number of methoxy groups -OCH3 is 1. The molecule has 0 radical (unpaired) electrons. The van der Waals surface area contributed by atoms with E-state index in [2.05, 4.69) is 21.4 Å². The molecule has 0 fully saturated rings. The molecule has 18 heavy (non-hydrogen) atoms. The Morgan fingerprint density at radius 3 is 2.39 bits per heavy atom. The first-order chi connectivity index (χ1) is 8.76. The molecule has 0 heterocycles. The molecule has 1 unspecified atom stereocenters. The Morgan fingerprint density at radius 2 is 1.78 bits per heavy atom. The zero-order valence-corrected chi connectivity index (χ0v) is 11.6. The van der Waals surface area contributed by atoms with Gasteiger partial charge in [-0.25, -0.2) is 5.43 Å². The number of nitrogens with one attached hydrogen (secondary N) is 1. The van der Waals surface area contributed by atoms with Gasteiger partial charge >= 0.3 is 0 Å². The zero-order valence-electron chi connectivity index (χ0n) is 10.1. The van der Waals surface area contributed by atoms with Crippen LogP contribution in [0.25, 0.3) is 0 Å². The third kappa shape index (κ3) is 2.72. The second kappa shape index (κ2) is 6.00. The van der Waals surface area contributed by atoms with Gasteiger partial charge in [0.1, 0.15) is 5.75 Å². The van der Waals surface area contributed by atoms with Crippen LogP contribution in [0.5, 0.6) is 5.75 Å². The molecule has 1 atom stereocenters. The van der Waals surface area contributed by atoms with Crippen LogP contribution in [-0.4, -0.2) is 7.11 Å². The van der Waals surface area contributed by atoms with E-state index in [4.69, 9.17) is 10.6 Å². The Kier molecular flexibility index (Phi) is 4.36. The highest BCUT2D eigenvalue weighted by Gasteiger charge is 2.16. The molecule has 0 saturated carbocycles. The van der Waals surface area contributed by atoms with Crippen LogP contribution in [0.2, 0.25) is 0 Å². The minimum Gasteiger partial charge on any atom is -0.496 e. The number of hydrogen-bond donors (Lipinski definition) is 2. The Hall–Kier alpha value is -1.36. The summed E-state index contributed by atoms with van der Waals surface area (Å²) >= 11 is 3.42. The maximum absolute atomic E-state index is 5.68. The van der Waals surface area contributed by atoms with Gasteiger partial charge in [-0.3, -0.25) is 5.84 Å². The van der Waals surface area contributed by atoms with Crippen molar-refractivity contribution in [3.8, 4) is 5.75 Å². The number of hydrogen-bond acceptors (Lipinski definition) is 3. The summed E-state index contributed by atoms with van der Waals surface area (Å²) < 4.78 is 6.41. The molecular formula is C14H15BrN2O. The quantitative estimate of drug-likeness (QED) is 0.674. The van der Waals surface area contributed by atoms with E-state index in [1.807, 2.05) is 48.5 Å². The predicted octanol–water partition coefficient (Wildman–Crippen LogP) is 3.01. The molecule has 94 valence electrons. The molecule has 4 heteroatoms. The van der Waals surface area contributed by atoms with Gasteiger partial charge in [0.2, 0.25) is 0 Å². The summed E-state index contributed by atoms with van der Waals surface area (Å²) in [6.07, 6.45) is 0. The van der Waals surface area contributed by atoms with E-state index in [0.717, 1.165) is 21.3 Å². The lowest BCUT2D eigenvalue weighted by molar-refractivity contribution is 0.404. The van der Waals surface area contributed by atoms with Gasteiger partial charge in [0.05, 0.1) is 13.2 Å². The molecule has 2 rings (SSSR count). The zero-order chi connectivity index (χ0) is 13.0. The summed E-state index contributed by atoms with van der Waals surface area (Å²) in [5.74, 6) is 6.50. The van der Waals surface area contributed by atoms with Crippen LogP contribution < -0.4 is 16.0 Å². The predicted molar refractivity (Wildman–Crippen MR) is 76.3 cm³/mol. The normalized spacial score (nSPS) is 12.2. The highest BCUT2D eigenvalue weighted by molar-refractivity contribution is 9.10. The molecule has 2 aromatic carbocycles. The second-order valence-electron chi connectivity index (χ2n) is 3.89. The van der Waals surface area contributed by atoms with Crippen molar-refractivity contribution in [2.75, 3.05) is 7.11 Å². The standard InChI is InChI=1S/C14H15BrN2O/c1-18-13-5-3-2-4-12(13)14(17-16)10-6-8-11(15)9-7-10/h2-9,14,17H,16H2,1H3. The van der Waals surface area contributed by atoms with E-state index >= 15 is 0 Å². The number of hydrazine groups is 1. The first-order valence-electron chi connectivity index (χ1n) is 5.60. The molecular weight excluding hydrogens is 292 g/mol. The van der Waals surface area contributed by atoms with Crippen LogP contribution in [0.15, 0.2) is 53.0 Å². The van der Waals surface area contributed by atoms with E-state index in [1.165, 1.54) is 0 Å². The van der Waals surface area contributed by atoms with Gasteiger partial charge in [-0.1, -0.05) is 46.3 Å². The van der Waals surface area contributed by atoms with Crippen molar-refractivity contribution < 1.29 is 4.74 Å². The van der Waals surface area contributed by atoms with Crippen LogP contribution in [0.4, 0.5) is 0 Å². The maximum atomic E-state index is 5.68. The lowest BCUT2D eigenvalue weighted by Gasteiger charge is -2.19. The molecule has 3 N–H and O–H groups in total. The fourth-order valence-electron chi connectivity index (χ4n) is 1.93. The molecule has 0 amide bonds. The minimum atomic E-state index is -0.0887. The number of halogens is 1. The van der Waals surface area contributed by atoms with Crippen LogP contribution >= 0.6 is 15.9 Å². The molecule has 0 spiro atoms. The minimum absolute atomic E-state index is 0.0887. The third-order valence-corrected chi connectivity index (χ3v) is 3.35. The van der Waals surface area contributed by atoms with Crippen LogP contribution in [0.3, 0.4) is 0 Å². The number of rotatable bonds is 4. The van der Waals surface area contributed by atoms with Crippen molar-refractivity contribution in [1.29, 1.82) is 0 Å². The second-order valence-corrected chi connectivity index (χ2v) is 4.81. The van der Waals surface area contributed by atoms with E-state index < -0.39 is 0 Å². The molecule has 0 bridgehead atoms. The topological polar surface area (TPSA) is 47.3 Å². The monoisotopic (exact) mass is 306 g/mol. The maximum Gasteiger partial charge on any atom is 0.124 e. The fraction of sp³-hybridized carbons (Fsp3) is 0.143. The molecule has 0 aromatic heterocycles. The Balaban J connectivity index is 2.41. The molecule has 2 aromatic rings. The van der Waals surface area contributed by atoms with Gasteiger partial charge in [0, 0.05) is 10.0 Å². The summed E-state index contributed by atoms with van der Waals surface area (Å²) in [5, 5.41) is 0. The molecule has 0 aliphatic rings. The Morgan fingerprint density at radius 1 is 1.11 bits per heavy atom. The average molecular weight is 307 g/mol. The van der Waals surface area contributed by atoms with Gasteiger partial charge in [-0.15, -0.1) is 0 Å². The van der Waals surface area contributed by atoms with Gasteiger partial charge in [-0.05, 0) is 23.8 Å². The van der Waals surface area contributed by atoms with Crippen molar-refractivity contribution in [2.24, 2.45) is 5.84 Å². The first-order valence-corrected chi connectivity index (χ1v) is 6.40. The SMILES string of the molecule is COc1ccccc1C(NN)c1ccc(Br)cc1. The first kappa shape index (κ1) is 13.1. The molecule has 0 aliphatic carbocycles. The van der Waals surface area contributed by atoms with Gasteiger partial charge in [0.15, 0.2) is 0 Å². The Bertz CT molecular complexity index is 513. The van der Waals surface area contributed by atoms with Gasteiger partial charge in [0.25, 0.3) is 0 Å². The number of benzene rings is 2. The number of nitrogens with two attached hydrogens (primary N) is 1. The number of para-hydroxylation sites is 1. The van der Waals surface area contributed by atoms with Crippen LogP contribution in [0, 0.1) is 0 Å². The third-order valence-electron chi connectivity index (χ3n) is 2.82. The van der Waals surface area contributed by atoms with E-state index in [-0.39, 0.29) is 6.04 Å². The number of ether oxygens (including phenoxy) is 1. The highest BCUT2D eigenvalue weighted by Crippen LogP contribution is 2.29. The molecule has 0 aliphatic heterocycles. The van der Waals surface area contributed by atoms with Crippen molar-refractivity contribution in [2.45, 2.75) is 6.04 Å². The molecule has 0 saturated heterocycles. The fourth-order valence-corrected chi connectivity index (χ4v) is 2.19. The van der Waals surface area contributed by atoms with Crippen LogP contribution in [-0.2, 0) is 0 Å². The highest BCUT2D eigenvalue weighted by atomic mass is 79.9. The summed E-state index contributed by atoms with van der Waals surface area (Å²) in [4.78, 5) is 0. The largest absolute Gasteiger partial charge is 0.496 e. The van der Waals surface area contributed by atoms with Crippen molar-refractivity contribution >= 4 is 15.9 Å². The lowest BCUT2D eigenvalue weighted by atomic mass is 9.98. The van der Waals surface area contributed by atoms with E-state index in [0.29, 0.717) is 0 Å². The average Bonchev–Trinajstić information content (AvgIpc) is 2.42. The summed E-state index contributed by atoms with van der Waals surface area (Å²) in [5.41, 5.74) is 4.94.